The predicted molar refractivity (Wildman–Crippen MR) is 87.2 cm³/mol. The molecular formula is C17H32N2O3. The maximum Gasteiger partial charge on any atom is 0.224 e. The van der Waals surface area contributed by atoms with E-state index in [2.05, 4.69) is 19.2 Å². The quantitative estimate of drug-likeness (QED) is 0.716. The zero-order valence-corrected chi connectivity index (χ0v) is 14.7. The third-order valence-corrected chi connectivity index (χ3v) is 4.43. The number of nitrogens with one attached hydrogen (secondary N) is 1. The van der Waals surface area contributed by atoms with E-state index in [1.54, 1.807) is 11.9 Å². The standard InChI is InChI=1S/C17H32N2O3/c1-12-8-14(3)16(21)18-7-6-15(20)19(5)11-13(2)10-17(4,22)9-12/h12-14,22H,6-11H2,1-5H3,(H,18,21)/t12-,13+,14+,17-/m0/s1. The Bertz CT molecular complexity index is 361. The van der Waals surface area contributed by atoms with E-state index < -0.39 is 5.60 Å². The van der Waals surface area contributed by atoms with Gasteiger partial charge in [-0.25, -0.2) is 0 Å². The van der Waals surface area contributed by atoms with Crippen molar-refractivity contribution < 1.29 is 14.7 Å². The Balaban J connectivity index is 2.81. The molecule has 1 aliphatic rings. The molecule has 0 aromatic rings. The lowest BCUT2D eigenvalue weighted by Crippen LogP contribution is -2.39. The van der Waals surface area contributed by atoms with Gasteiger partial charge in [0.25, 0.3) is 0 Å². The van der Waals surface area contributed by atoms with Gasteiger partial charge in [0.1, 0.15) is 0 Å². The molecule has 5 nitrogen and oxygen atoms in total. The Labute approximate surface area is 134 Å². The number of nitrogens with zero attached hydrogens (tertiary/aromatic N) is 1. The van der Waals surface area contributed by atoms with Crippen LogP contribution in [0.1, 0.15) is 53.4 Å². The van der Waals surface area contributed by atoms with Crippen LogP contribution in [0.3, 0.4) is 0 Å². The van der Waals surface area contributed by atoms with Crippen molar-refractivity contribution in [3.63, 3.8) is 0 Å². The van der Waals surface area contributed by atoms with Crippen molar-refractivity contribution in [3.05, 3.63) is 0 Å². The summed E-state index contributed by atoms with van der Waals surface area (Å²) in [5.41, 5.74) is -0.761. The zero-order valence-electron chi connectivity index (χ0n) is 14.7. The van der Waals surface area contributed by atoms with Crippen LogP contribution in [0.5, 0.6) is 0 Å². The lowest BCUT2D eigenvalue weighted by atomic mass is 9.82. The van der Waals surface area contributed by atoms with Gasteiger partial charge in [-0.15, -0.1) is 0 Å². The van der Waals surface area contributed by atoms with Crippen molar-refractivity contribution in [2.45, 2.75) is 59.0 Å². The molecule has 1 saturated heterocycles. The van der Waals surface area contributed by atoms with E-state index in [9.17, 15) is 14.7 Å². The second kappa shape index (κ2) is 7.95. The van der Waals surface area contributed by atoms with Crippen molar-refractivity contribution in [2.75, 3.05) is 20.1 Å². The second-order valence-electron chi connectivity index (χ2n) is 7.57. The fraction of sp³-hybridized carbons (Fsp3) is 0.882. The number of hydrogen-bond acceptors (Lipinski definition) is 3. The first-order valence-corrected chi connectivity index (χ1v) is 8.35. The molecule has 2 N–H and O–H groups in total. The average molecular weight is 312 g/mol. The average Bonchev–Trinajstić information content (AvgIpc) is 2.35. The van der Waals surface area contributed by atoms with Gasteiger partial charge in [-0.1, -0.05) is 20.8 Å². The first kappa shape index (κ1) is 18.9. The number of rotatable bonds is 0. The summed E-state index contributed by atoms with van der Waals surface area (Å²) in [7, 11) is 1.78. The second-order valence-corrected chi connectivity index (χ2v) is 7.57. The Morgan fingerprint density at radius 3 is 2.41 bits per heavy atom. The topological polar surface area (TPSA) is 69.6 Å². The van der Waals surface area contributed by atoms with Crippen molar-refractivity contribution in [1.29, 1.82) is 0 Å². The number of hydrogen-bond donors (Lipinski definition) is 2. The van der Waals surface area contributed by atoms with Gasteiger partial charge in [-0.05, 0) is 38.0 Å². The summed E-state index contributed by atoms with van der Waals surface area (Å²) in [5, 5.41) is 13.5. The highest BCUT2D eigenvalue weighted by Gasteiger charge is 2.28. The van der Waals surface area contributed by atoms with E-state index in [1.165, 1.54) is 0 Å². The molecule has 1 aliphatic heterocycles. The zero-order chi connectivity index (χ0) is 16.9. The van der Waals surface area contributed by atoms with Gasteiger partial charge in [0.2, 0.25) is 11.8 Å². The van der Waals surface area contributed by atoms with E-state index in [0.29, 0.717) is 32.4 Å². The minimum absolute atomic E-state index is 0.00706. The molecule has 22 heavy (non-hydrogen) atoms. The van der Waals surface area contributed by atoms with Crippen LogP contribution in [-0.2, 0) is 9.59 Å². The molecule has 0 unspecified atom stereocenters. The fourth-order valence-electron chi connectivity index (χ4n) is 3.67. The Morgan fingerprint density at radius 2 is 1.77 bits per heavy atom. The molecule has 0 aromatic heterocycles. The van der Waals surface area contributed by atoms with Crippen LogP contribution < -0.4 is 5.32 Å². The normalized spacial score (nSPS) is 36.6. The fourth-order valence-corrected chi connectivity index (χ4v) is 3.67. The molecule has 0 spiro atoms. The molecule has 0 radical (unpaired) electrons. The molecule has 0 aliphatic carbocycles. The Morgan fingerprint density at radius 1 is 1.18 bits per heavy atom. The van der Waals surface area contributed by atoms with Crippen LogP contribution in [0.25, 0.3) is 0 Å². The molecule has 1 rings (SSSR count). The largest absolute Gasteiger partial charge is 0.390 e. The number of carbonyl (C=O) groups excluding carboxylic acids is 2. The van der Waals surface area contributed by atoms with Gasteiger partial charge < -0.3 is 15.3 Å². The molecule has 128 valence electrons. The molecule has 1 heterocycles. The third-order valence-electron chi connectivity index (χ3n) is 4.43. The number of aliphatic hydroxyl groups is 1. The van der Waals surface area contributed by atoms with Crippen LogP contribution in [0.15, 0.2) is 0 Å². The molecule has 5 heteroatoms. The maximum atomic E-state index is 12.0. The monoisotopic (exact) mass is 312 g/mol. The highest BCUT2D eigenvalue weighted by Crippen LogP contribution is 2.28. The van der Waals surface area contributed by atoms with E-state index in [4.69, 9.17) is 0 Å². The SMILES string of the molecule is C[C@H]1C[C@@H](C)C(=O)NCCC(=O)N(C)C[C@H](C)C[C@@](C)(O)C1. The summed E-state index contributed by atoms with van der Waals surface area (Å²) in [4.78, 5) is 25.8. The first-order chi connectivity index (χ1) is 10.1. The predicted octanol–water partition coefficient (Wildman–Crippen LogP) is 1.79. The van der Waals surface area contributed by atoms with Crippen LogP contribution in [0, 0.1) is 17.8 Å². The van der Waals surface area contributed by atoms with Crippen LogP contribution in [-0.4, -0.2) is 47.6 Å². The summed E-state index contributed by atoms with van der Waals surface area (Å²) in [5.74, 6) is 0.451. The van der Waals surface area contributed by atoms with Gasteiger partial charge in [0, 0.05) is 32.5 Å². The first-order valence-electron chi connectivity index (χ1n) is 8.35. The van der Waals surface area contributed by atoms with Crippen molar-refractivity contribution in [1.82, 2.24) is 10.2 Å². The van der Waals surface area contributed by atoms with E-state index in [1.807, 2.05) is 13.8 Å². The highest BCUT2D eigenvalue weighted by atomic mass is 16.3. The lowest BCUT2D eigenvalue weighted by Gasteiger charge is -2.32. The highest BCUT2D eigenvalue weighted by molar-refractivity contribution is 5.80. The van der Waals surface area contributed by atoms with E-state index in [0.717, 1.165) is 6.42 Å². The summed E-state index contributed by atoms with van der Waals surface area (Å²) in [6.07, 6.45) is 2.42. The number of carbonyl (C=O) groups is 2. The summed E-state index contributed by atoms with van der Waals surface area (Å²) in [6, 6.07) is 0. The van der Waals surface area contributed by atoms with Crippen molar-refractivity contribution in [3.8, 4) is 0 Å². The van der Waals surface area contributed by atoms with Gasteiger partial charge in [-0.3, -0.25) is 9.59 Å². The van der Waals surface area contributed by atoms with Gasteiger partial charge in [-0.2, -0.15) is 0 Å². The van der Waals surface area contributed by atoms with Crippen LogP contribution in [0.4, 0.5) is 0 Å². The Hall–Kier alpha value is -1.10. The van der Waals surface area contributed by atoms with Crippen molar-refractivity contribution >= 4 is 11.8 Å². The summed E-state index contributed by atoms with van der Waals surface area (Å²) in [6.45, 7) is 8.95. The molecule has 4 atom stereocenters. The van der Waals surface area contributed by atoms with Crippen LogP contribution in [0.2, 0.25) is 0 Å². The molecule has 0 saturated carbocycles. The lowest BCUT2D eigenvalue weighted by molar-refractivity contribution is -0.131. The number of amides is 2. The minimum atomic E-state index is -0.761. The molecular weight excluding hydrogens is 280 g/mol. The Kier molecular flexibility index (Phi) is 6.85. The maximum absolute atomic E-state index is 12.0. The van der Waals surface area contributed by atoms with E-state index >= 15 is 0 Å². The summed E-state index contributed by atoms with van der Waals surface area (Å²) < 4.78 is 0. The minimum Gasteiger partial charge on any atom is -0.390 e. The molecule has 2 amide bonds. The molecule has 0 aromatic carbocycles. The van der Waals surface area contributed by atoms with Gasteiger partial charge in [0.15, 0.2) is 0 Å². The van der Waals surface area contributed by atoms with Crippen LogP contribution >= 0.6 is 0 Å². The van der Waals surface area contributed by atoms with Crippen molar-refractivity contribution in [2.24, 2.45) is 17.8 Å². The summed E-state index contributed by atoms with van der Waals surface area (Å²) >= 11 is 0. The third kappa shape index (κ3) is 6.34. The van der Waals surface area contributed by atoms with Gasteiger partial charge in [0.05, 0.1) is 5.60 Å². The van der Waals surface area contributed by atoms with Gasteiger partial charge >= 0.3 is 0 Å². The van der Waals surface area contributed by atoms with E-state index in [-0.39, 0.29) is 29.6 Å². The molecule has 1 fully saturated rings. The molecule has 0 bridgehead atoms. The smallest absolute Gasteiger partial charge is 0.224 e.